The minimum atomic E-state index is -3.48. The average Bonchev–Trinajstić information content (AvgIpc) is 2.48. The summed E-state index contributed by atoms with van der Waals surface area (Å²) in [5.41, 5.74) is 0.916. The zero-order chi connectivity index (χ0) is 15.5. The van der Waals surface area contributed by atoms with Gasteiger partial charge in [0.2, 0.25) is 10.0 Å². The van der Waals surface area contributed by atoms with Crippen molar-refractivity contribution in [3.05, 3.63) is 23.8 Å². The predicted octanol–water partition coefficient (Wildman–Crippen LogP) is 1.72. The van der Waals surface area contributed by atoms with Crippen molar-refractivity contribution in [1.82, 2.24) is 9.21 Å². The first-order valence-corrected chi connectivity index (χ1v) is 8.80. The van der Waals surface area contributed by atoms with Gasteiger partial charge in [-0.25, -0.2) is 8.42 Å². The molecule has 0 bridgehead atoms. The van der Waals surface area contributed by atoms with Crippen molar-refractivity contribution in [2.75, 3.05) is 39.8 Å². The summed E-state index contributed by atoms with van der Waals surface area (Å²) in [4.78, 5) is 2.58. The summed E-state index contributed by atoms with van der Waals surface area (Å²) in [6, 6.07) is 5.26. The molecule has 118 valence electrons. The van der Waals surface area contributed by atoms with Crippen LogP contribution in [0.5, 0.6) is 5.75 Å². The molecule has 1 saturated heterocycles. The van der Waals surface area contributed by atoms with Gasteiger partial charge in [0.1, 0.15) is 10.6 Å². The highest BCUT2D eigenvalue weighted by Gasteiger charge is 2.30. The van der Waals surface area contributed by atoms with Crippen LogP contribution in [0.1, 0.15) is 18.9 Å². The van der Waals surface area contributed by atoms with Gasteiger partial charge in [-0.1, -0.05) is 13.0 Å². The van der Waals surface area contributed by atoms with Gasteiger partial charge in [0.25, 0.3) is 0 Å². The monoisotopic (exact) mass is 312 g/mol. The summed E-state index contributed by atoms with van der Waals surface area (Å²) >= 11 is 0. The van der Waals surface area contributed by atoms with E-state index in [1.807, 2.05) is 13.0 Å². The number of aryl methyl sites for hydroxylation is 1. The van der Waals surface area contributed by atoms with E-state index in [0.717, 1.165) is 31.6 Å². The lowest BCUT2D eigenvalue weighted by Gasteiger charge is -2.34. The second-order valence-corrected chi connectivity index (χ2v) is 7.31. The minimum absolute atomic E-state index is 0.272. The standard InChI is InChI=1S/C15H24N2O3S/c1-4-7-16-8-10-17(11-9-16)21(18,19)15-12-13(2)5-6-14(15)20-3/h5-6,12H,4,7-11H2,1-3H3. The molecular formula is C15H24N2O3S. The van der Waals surface area contributed by atoms with E-state index in [0.29, 0.717) is 18.8 Å². The van der Waals surface area contributed by atoms with Gasteiger partial charge in [0.05, 0.1) is 7.11 Å². The van der Waals surface area contributed by atoms with Crippen molar-refractivity contribution in [3.8, 4) is 5.75 Å². The normalized spacial score (nSPS) is 17.9. The zero-order valence-corrected chi connectivity index (χ0v) is 13.8. The Morgan fingerprint density at radius 3 is 2.43 bits per heavy atom. The van der Waals surface area contributed by atoms with Gasteiger partial charge in [0, 0.05) is 26.2 Å². The third-order valence-corrected chi connectivity index (χ3v) is 5.73. The van der Waals surface area contributed by atoms with Crippen molar-refractivity contribution < 1.29 is 13.2 Å². The van der Waals surface area contributed by atoms with Crippen LogP contribution < -0.4 is 4.74 Å². The first-order chi connectivity index (χ1) is 9.98. The Bertz CT molecular complexity index is 579. The average molecular weight is 312 g/mol. The van der Waals surface area contributed by atoms with Gasteiger partial charge in [-0.2, -0.15) is 4.31 Å². The van der Waals surface area contributed by atoms with E-state index in [2.05, 4.69) is 11.8 Å². The number of piperazine rings is 1. The summed E-state index contributed by atoms with van der Waals surface area (Å²) in [6.07, 6.45) is 1.10. The number of hydrogen-bond donors (Lipinski definition) is 0. The van der Waals surface area contributed by atoms with E-state index >= 15 is 0 Å². The zero-order valence-electron chi connectivity index (χ0n) is 13.0. The van der Waals surface area contributed by atoms with E-state index in [1.165, 1.54) is 7.11 Å². The molecule has 0 atom stereocenters. The van der Waals surface area contributed by atoms with Crippen LogP contribution in [0.25, 0.3) is 0 Å². The second-order valence-electron chi connectivity index (χ2n) is 5.40. The topological polar surface area (TPSA) is 49.9 Å². The number of hydrogen-bond acceptors (Lipinski definition) is 4. The van der Waals surface area contributed by atoms with Crippen LogP contribution in [0.4, 0.5) is 0 Å². The number of nitrogens with zero attached hydrogens (tertiary/aromatic N) is 2. The first kappa shape index (κ1) is 16.3. The van der Waals surface area contributed by atoms with Crippen LogP contribution in [0, 0.1) is 6.92 Å². The highest BCUT2D eigenvalue weighted by Crippen LogP contribution is 2.28. The summed E-state index contributed by atoms with van der Waals surface area (Å²) in [7, 11) is -1.98. The Morgan fingerprint density at radius 2 is 1.86 bits per heavy atom. The van der Waals surface area contributed by atoms with Crippen molar-refractivity contribution in [2.24, 2.45) is 0 Å². The number of rotatable bonds is 5. The summed E-state index contributed by atoms with van der Waals surface area (Å²) in [5.74, 6) is 0.414. The van der Waals surface area contributed by atoms with Crippen LogP contribution >= 0.6 is 0 Å². The van der Waals surface area contributed by atoms with Gasteiger partial charge in [-0.3, -0.25) is 0 Å². The Labute approximate surface area is 127 Å². The molecule has 1 aliphatic rings. The smallest absolute Gasteiger partial charge is 0.246 e. The van der Waals surface area contributed by atoms with Crippen LogP contribution in [-0.2, 0) is 10.0 Å². The van der Waals surface area contributed by atoms with Gasteiger partial charge in [-0.05, 0) is 37.6 Å². The molecule has 0 saturated carbocycles. The van der Waals surface area contributed by atoms with Gasteiger partial charge < -0.3 is 9.64 Å². The molecule has 0 unspecified atom stereocenters. The lowest BCUT2D eigenvalue weighted by molar-refractivity contribution is 0.188. The Hall–Kier alpha value is -1.11. The molecule has 2 rings (SSSR count). The van der Waals surface area contributed by atoms with Crippen LogP contribution in [0.2, 0.25) is 0 Å². The fourth-order valence-electron chi connectivity index (χ4n) is 2.63. The minimum Gasteiger partial charge on any atom is -0.495 e. The maximum absolute atomic E-state index is 12.8. The molecule has 0 aliphatic carbocycles. The van der Waals surface area contributed by atoms with Crippen molar-refractivity contribution in [3.63, 3.8) is 0 Å². The van der Waals surface area contributed by atoms with Gasteiger partial charge in [0.15, 0.2) is 0 Å². The lowest BCUT2D eigenvalue weighted by atomic mass is 10.2. The van der Waals surface area contributed by atoms with Crippen LogP contribution in [0.15, 0.2) is 23.1 Å². The molecule has 0 amide bonds. The van der Waals surface area contributed by atoms with E-state index in [1.54, 1.807) is 16.4 Å². The molecule has 5 nitrogen and oxygen atoms in total. The maximum atomic E-state index is 12.8. The third-order valence-electron chi connectivity index (χ3n) is 3.81. The predicted molar refractivity (Wildman–Crippen MR) is 83.2 cm³/mol. The lowest BCUT2D eigenvalue weighted by Crippen LogP contribution is -2.48. The largest absolute Gasteiger partial charge is 0.495 e. The molecule has 1 fully saturated rings. The molecular weight excluding hydrogens is 288 g/mol. The number of benzene rings is 1. The van der Waals surface area contributed by atoms with E-state index < -0.39 is 10.0 Å². The molecule has 6 heteroatoms. The Kier molecular flexibility index (Phi) is 5.24. The molecule has 0 spiro atoms. The van der Waals surface area contributed by atoms with Crippen molar-refractivity contribution >= 4 is 10.0 Å². The highest BCUT2D eigenvalue weighted by atomic mass is 32.2. The first-order valence-electron chi connectivity index (χ1n) is 7.36. The van der Waals surface area contributed by atoms with E-state index in [4.69, 9.17) is 4.74 Å². The van der Waals surface area contributed by atoms with Crippen LogP contribution in [-0.4, -0.2) is 57.5 Å². The Morgan fingerprint density at radius 1 is 1.19 bits per heavy atom. The molecule has 1 aromatic rings. The SMILES string of the molecule is CCCN1CCN(S(=O)(=O)c2cc(C)ccc2OC)CC1. The Balaban J connectivity index is 2.21. The van der Waals surface area contributed by atoms with E-state index in [9.17, 15) is 8.42 Å². The maximum Gasteiger partial charge on any atom is 0.246 e. The van der Waals surface area contributed by atoms with Crippen molar-refractivity contribution in [1.29, 1.82) is 0 Å². The van der Waals surface area contributed by atoms with Gasteiger partial charge >= 0.3 is 0 Å². The second kappa shape index (κ2) is 6.77. The number of sulfonamides is 1. The van der Waals surface area contributed by atoms with Crippen molar-refractivity contribution in [2.45, 2.75) is 25.2 Å². The number of methoxy groups -OCH3 is 1. The molecule has 1 heterocycles. The molecule has 0 N–H and O–H groups in total. The highest BCUT2D eigenvalue weighted by molar-refractivity contribution is 7.89. The summed E-state index contributed by atoms with van der Waals surface area (Å²) < 4.78 is 32.4. The third kappa shape index (κ3) is 3.56. The fourth-order valence-corrected chi connectivity index (χ4v) is 4.30. The van der Waals surface area contributed by atoms with E-state index in [-0.39, 0.29) is 4.90 Å². The molecule has 21 heavy (non-hydrogen) atoms. The quantitative estimate of drug-likeness (QED) is 0.831. The van der Waals surface area contributed by atoms with Crippen LogP contribution in [0.3, 0.4) is 0 Å². The fraction of sp³-hybridized carbons (Fsp3) is 0.600. The molecule has 1 aliphatic heterocycles. The molecule has 0 radical (unpaired) electrons. The number of ether oxygens (including phenoxy) is 1. The van der Waals surface area contributed by atoms with Gasteiger partial charge in [-0.15, -0.1) is 0 Å². The summed E-state index contributed by atoms with van der Waals surface area (Å²) in [6.45, 7) is 7.72. The summed E-state index contributed by atoms with van der Waals surface area (Å²) in [5, 5.41) is 0. The molecule has 1 aromatic carbocycles. The molecule has 0 aromatic heterocycles.